The molecule has 7 nitrogen and oxygen atoms in total. The number of rotatable bonds is 7. The Balaban J connectivity index is 1.55. The molecule has 2 amide bonds. The number of amides is 2. The van der Waals surface area contributed by atoms with E-state index in [0.717, 1.165) is 8.95 Å². The maximum Gasteiger partial charge on any atom is 0.254 e. The Hall–Kier alpha value is -2.24. The van der Waals surface area contributed by atoms with Gasteiger partial charge in [-0.1, -0.05) is 39.8 Å². The minimum Gasteiger partial charge on any atom is -0.345 e. The van der Waals surface area contributed by atoms with E-state index < -0.39 is 11.7 Å². The van der Waals surface area contributed by atoms with E-state index in [2.05, 4.69) is 52.7 Å². The van der Waals surface area contributed by atoms with Crippen LogP contribution in [0.15, 0.2) is 56.6 Å². The molecule has 2 N–H and O–H groups in total. The first-order valence-corrected chi connectivity index (χ1v) is 11.2. The second-order valence-corrected chi connectivity index (χ2v) is 8.79. The molecular weight excluding hydrogens is 541 g/mol. The molecule has 0 unspecified atom stereocenters. The van der Waals surface area contributed by atoms with Gasteiger partial charge in [-0.15, -0.1) is 10.2 Å². The third-order valence-corrected chi connectivity index (χ3v) is 6.19. The van der Waals surface area contributed by atoms with Crippen molar-refractivity contribution >= 4 is 61.1 Å². The lowest BCUT2D eigenvalue weighted by Crippen LogP contribution is -2.25. The molecule has 0 spiro atoms. The molecular formula is C19H16Br2FN5O2S. The first kappa shape index (κ1) is 22.4. The number of nitrogens with one attached hydrogen (secondary N) is 2. The van der Waals surface area contributed by atoms with Gasteiger partial charge in [-0.05, 0) is 46.3 Å². The number of benzene rings is 2. The van der Waals surface area contributed by atoms with E-state index in [0.29, 0.717) is 16.7 Å². The van der Waals surface area contributed by atoms with Crippen molar-refractivity contribution < 1.29 is 14.0 Å². The first-order valence-electron chi connectivity index (χ1n) is 8.64. The van der Waals surface area contributed by atoms with Crippen LogP contribution in [0, 0.1) is 5.82 Å². The first-order chi connectivity index (χ1) is 14.3. The van der Waals surface area contributed by atoms with E-state index >= 15 is 0 Å². The minimum absolute atomic E-state index is 0.0374. The summed E-state index contributed by atoms with van der Waals surface area (Å²) >= 11 is 7.98. The van der Waals surface area contributed by atoms with Crippen molar-refractivity contribution in [1.82, 2.24) is 20.1 Å². The smallest absolute Gasteiger partial charge is 0.254 e. The van der Waals surface area contributed by atoms with Gasteiger partial charge < -0.3 is 15.2 Å². The number of anilines is 1. The van der Waals surface area contributed by atoms with E-state index in [1.165, 1.54) is 30.0 Å². The lowest BCUT2D eigenvalue weighted by atomic mass is 10.2. The van der Waals surface area contributed by atoms with E-state index in [9.17, 15) is 14.0 Å². The Bertz CT molecular complexity index is 1090. The van der Waals surface area contributed by atoms with Gasteiger partial charge in [0.1, 0.15) is 5.82 Å². The van der Waals surface area contributed by atoms with Gasteiger partial charge in [0.25, 0.3) is 5.91 Å². The zero-order valence-corrected chi connectivity index (χ0v) is 19.6. The molecule has 0 bridgehead atoms. The second kappa shape index (κ2) is 10.2. The molecule has 0 atom stereocenters. The molecule has 11 heteroatoms. The molecule has 0 fully saturated rings. The quantitative estimate of drug-likeness (QED) is 0.427. The average Bonchev–Trinajstić information content (AvgIpc) is 3.07. The van der Waals surface area contributed by atoms with Crippen molar-refractivity contribution in [1.29, 1.82) is 0 Å². The summed E-state index contributed by atoms with van der Waals surface area (Å²) < 4.78 is 17.0. The van der Waals surface area contributed by atoms with Gasteiger partial charge in [0.2, 0.25) is 5.91 Å². The molecule has 1 heterocycles. The van der Waals surface area contributed by atoms with Crippen molar-refractivity contribution in [3.05, 3.63) is 68.6 Å². The molecule has 1 aromatic heterocycles. The fraction of sp³-hybridized carbons (Fsp3) is 0.158. The highest BCUT2D eigenvalue weighted by Gasteiger charge is 2.15. The Morgan fingerprint density at radius 2 is 1.93 bits per heavy atom. The van der Waals surface area contributed by atoms with Crippen molar-refractivity contribution in [2.24, 2.45) is 7.05 Å². The number of nitrogens with zero attached hydrogens (tertiary/aromatic N) is 3. The van der Waals surface area contributed by atoms with Crippen molar-refractivity contribution in [2.45, 2.75) is 11.7 Å². The molecule has 0 aliphatic carbocycles. The topological polar surface area (TPSA) is 88.9 Å². The standard InChI is InChI=1S/C19H16Br2FN5O2S/c1-27-16(9-23-18(29)12-4-2-3-5-14(12)22)25-26-19(27)30-10-17(28)24-15-8-11(20)6-7-13(15)21/h2-8H,9-10H2,1H3,(H,23,29)(H,24,28). The van der Waals surface area contributed by atoms with E-state index in [1.54, 1.807) is 23.7 Å². The van der Waals surface area contributed by atoms with Crippen molar-refractivity contribution in [3.8, 4) is 0 Å². The molecule has 0 aliphatic rings. The zero-order valence-electron chi connectivity index (χ0n) is 15.7. The van der Waals surface area contributed by atoms with Crippen LogP contribution in [-0.4, -0.2) is 32.3 Å². The minimum atomic E-state index is -0.590. The van der Waals surface area contributed by atoms with Crippen LogP contribution < -0.4 is 10.6 Å². The summed E-state index contributed by atoms with van der Waals surface area (Å²) in [6.45, 7) is 0.0778. The number of carbonyl (C=O) groups is 2. The maximum absolute atomic E-state index is 13.7. The molecule has 0 saturated carbocycles. The highest BCUT2D eigenvalue weighted by Crippen LogP contribution is 2.26. The van der Waals surface area contributed by atoms with Crippen LogP contribution in [0.2, 0.25) is 0 Å². The SMILES string of the molecule is Cn1c(CNC(=O)c2ccccc2F)nnc1SCC(=O)Nc1cc(Br)ccc1Br. The van der Waals surface area contributed by atoms with Crippen LogP contribution in [0.4, 0.5) is 10.1 Å². The summed E-state index contributed by atoms with van der Waals surface area (Å²) in [6.07, 6.45) is 0. The fourth-order valence-corrected chi connectivity index (χ4v) is 3.87. The molecule has 2 aromatic carbocycles. The Kier molecular flexibility index (Phi) is 7.62. The summed E-state index contributed by atoms with van der Waals surface area (Å²) in [5.74, 6) is -0.711. The van der Waals surface area contributed by atoms with E-state index in [-0.39, 0.29) is 23.8 Å². The summed E-state index contributed by atoms with van der Waals surface area (Å²) in [5, 5.41) is 14.0. The van der Waals surface area contributed by atoms with Gasteiger partial charge in [-0.25, -0.2) is 4.39 Å². The highest BCUT2D eigenvalue weighted by atomic mass is 79.9. The predicted octanol–water partition coefficient (Wildman–Crippen LogP) is 4.14. The molecule has 30 heavy (non-hydrogen) atoms. The predicted molar refractivity (Wildman–Crippen MR) is 120 cm³/mol. The van der Waals surface area contributed by atoms with Crippen LogP contribution in [0.3, 0.4) is 0 Å². The average molecular weight is 557 g/mol. The normalized spacial score (nSPS) is 10.7. The molecule has 3 aromatic rings. The molecule has 0 aliphatic heterocycles. The molecule has 3 rings (SSSR count). The number of carbonyl (C=O) groups excluding carboxylic acids is 2. The lowest BCUT2D eigenvalue weighted by Gasteiger charge is -2.08. The summed E-state index contributed by atoms with van der Waals surface area (Å²) in [4.78, 5) is 24.4. The van der Waals surface area contributed by atoms with Crippen LogP contribution in [0.25, 0.3) is 0 Å². The number of aromatic nitrogens is 3. The van der Waals surface area contributed by atoms with Crippen LogP contribution in [0.1, 0.15) is 16.2 Å². The Morgan fingerprint density at radius 3 is 2.70 bits per heavy atom. The summed E-state index contributed by atoms with van der Waals surface area (Å²) in [6, 6.07) is 11.2. The van der Waals surface area contributed by atoms with Gasteiger partial charge in [-0.2, -0.15) is 0 Å². The highest BCUT2D eigenvalue weighted by molar-refractivity contribution is 9.11. The lowest BCUT2D eigenvalue weighted by molar-refractivity contribution is -0.113. The number of hydrogen-bond donors (Lipinski definition) is 2. The van der Waals surface area contributed by atoms with Gasteiger partial charge in [0.05, 0.1) is 23.5 Å². The summed E-state index contributed by atoms with van der Waals surface area (Å²) in [7, 11) is 1.73. The third-order valence-electron chi connectivity index (χ3n) is 3.99. The van der Waals surface area contributed by atoms with Gasteiger partial charge in [0, 0.05) is 16.0 Å². The number of hydrogen-bond acceptors (Lipinski definition) is 5. The largest absolute Gasteiger partial charge is 0.345 e. The monoisotopic (exact) mass is 555 g/mol. The summed E-state index contributed by atoms with van der Waals surface area (Å²) in [5.41, 5.74) is 0.620. The fourth-order valence-electron chi connectivity index (χ4n) is 2.43. The molecule has 156 valence electrons. The van der Waals surface area contributed by atoms with Crippen LogP contribution in [0.5, 0.6) is 0 Å². The van der Waals surface area contributed by atoms with Crippen LogP contribution in [-0.2, 0) is 18.4 Å². The maximum atomic E-state index is 13.7. The van der Waals surface area contributed by atoms with Gasteiger partial charge in [-0.3, -0.25) is 9.59 Å². The third kappa shape index (κ3) is 5.67. The molecule has 0 radical (unpaired) electrons. The van der Waals surface area contributed by atoms with E-state index in [1.807, 2.05) is 12.1 Å². The Labute approximate surface area is 193 Å². The zero-order chi connectivity index (χ0) is 21.7. The van der Waals surface area contributed by atoms with E-state index in [4.69, 9.17) is 0 Å². The number of thioether (sulfide) groups is 1. The van der Waals surface area contributed by atoms with Gasteiger partial charge >= 0.3 is 0 Å². The van der Waals surface area contributed by atoms with Crippen LogP contribution >= 0.6 is 43.6 Å². The van der Waals surface area contributed by atoms with Crippen molar-refractivity contribution in [3.63, 3.8) is 0 Å². The second-order valence-electron chi connectivity index (χ2n) is 6.08. The molecule has 0 saturated heterocycles. The number of halogens is 3. The Morgan fingerprint density at radius 1 is 1.17 bits per heavy atom. The van der Waals surface area contributed by atoms with Gasteiger partial charge in [0.15, 0.2) is 11.0 Å². The van der Waals surface area contributed by atoms with Crippen molar-refractivity contribution in [2.75, 3.05) is 11.1 Å².